The number of rotatable bonds is 11. The molecule has 3 rings (SSSR count). The zero-order valence-electron chi connectivity index (χ0n) is 19.9. The first-order valence-electron chi connectivity index (χ1n) is 12.0. The molecule has 178 valence electrons. The molecule has 1 aliphatic heterocycles. The highest BCUT2D eigenvalue weighted by molar-refractivity contribution is 5.86. The van der Waals surface area contributed by atoms with Crippen LogP contribution in [-0.2, 0) is 9.53 Å². The fraction of sp³-hybridized carbons (Fsp3) is 0.464. The Balaban J connectivity index is 1.53. The lowest BCUT2D eigenvalue weighted by molar-refractivity contribution is -0.125. The second-order valence-electron chi connectivity index (χ2n) is 8.84. The van der Waals surface area contributed by atoms with Gasteiger partial charge in [0.25, 0.3) is 0 Å². The number of ether oxygens (including phenoxy) is 2. The van der Waals surface area contributed by atoms with E-state index >= 15 is 0 Å². The van der Waals surface area contributed by atoms with Crippen molar-refractivity contribution in [3.63, 3.8) is 0 Å². The molecule has 2 aromatic rings. The van der Waals surface area contributed by atoms with E-state index in [1.807, 2.05) is 18.2 Å². The van der Waals surface area contributed by atoms with Crippen LogP contribution >= 0.6 is 0 Å². The van der Waals surface area contributed by atoms with E-state index in [0.29, 0.717) is 12.5 Å². The van der Waals surface area contributed by atoms with Crippen LogP contribution in [0.2, 0.25) is 0 Å². The Kier molecular flexibility index (Phi) is 9.49. The Morgan fingerprint density at radius 2 is 1.94 bits per heavy atom. The number of benzene rings is 2. The largest absolute Gasteiger partial charge is 0.489 e. The van der Waals surface area contributed by atoms with E-state index in [4.69, 9.17) is 9.47 Å². The topological polar surface area (TPSA) is 38.8 Å². The summed E-state index contributed by atoms with van der Waals surface area (Å²) in [5.74, 6) is 0.264. The fourth-order valence-electron chi connectivity index (χ4n) is 4.23. The molecule has 0 aliphatic carbocycles. The number of hydrogen-bond acceptors (Lipinski definition) is 3. The van der Waals surface area contributed by atoms with E-state index < -0.39 is 5.82 Å². The summed E-state index contributed by atoms with van der Waals surface area (Å²) < 4.78 is 26.2. The highest BCUT2D eigenvalue weighted by Crippen LogP contribution is 2.34. The average molecular weight is 454 g/mol. The Morgan fingerprint density at radius 3 is 2.58 bits per heavy atom. The minimum absolute atomic E-state index is 0.153. The molecule has 1 saturated heterocycles. The lowest BCUT2D eigenvalue weighted by Crippen LogP contribution is -2.29. The average Bonchev–Trinajstić information content (AvgIpc) is 2.85. The zero-order valence-corrected chi connectivity index (χ0v) is 19.9. The van der Waals surface area contributed by atoms with E-state index in [1.165, 1.54) is 54.7 Å². The van der Waals surface area contributed by atoms with E-state index in [0.717, 1.165) is 24.2 Å². The van der Waals surface area contributed by atoms with Crippen LogP contribution in [0.5, 0.6) is 5.75 Å². The first-order valence-corrected chi connectivity index (χ1v) is 12.0. The van der Waals surface area contributed by atoms with Gasteiger partial charge in [-0.15, -0.1) is 0 Å². The second kappa shape index (κ2) is 12.5. The van der Waals surface area contributed by atoms with E-state index in [-0.39, 0.29) is 24.4 Å². The Labute approximate surface area is 197 Å². The van der Waals surface area contributed by atoms with Crippen LogP contribution in [0.3, 0.4) is 0 Å². The summed E-state index contributed by atoms with van der Waals surface area (Å²) >= 11 is 0. The lowest BCUT2D eigenvalue weighted by Gasteiger charge is -2.29. The van der Waals surface area contributed by atoms with Crippen LogP contribution in [0.1, 0.15) is 57.1 Å². The van der Waals surface area contributed by atoms with Crippen LogP contribution in [0, 0.1) is 11.7 Å². The van der Waals surface area contributed by atoms with Crippen LogP contribution in [0.4, 0.5) is 4.39 Å². The van der Waals surface area contributed by atoms with Gasteiger partial charge in [-0.1, -0.05) is 63.1 Å². The van der Waals surface area contributed by atoms with Crippen molar-refractivity contribution in [3.8, 4) is 16.9 Å². The number of hydrogen-bond donors (Lipinski definition) is 0. The molecule has 1 aliphatic rings. The van der Waals surface area contributed by atoms with Gasteiger partial charge in [0.1, 0.15) is 6.61 Å². The van der Waals surface area contributed by atoms with Gasteiger partial charge in [0, 0.05) is 7.05 Å². The summed E-state index contributed by atoms with van der Waals surface area (Å²) in [6.07, 6.45) is 8.82. The standard InChI is InChI=1S/C28H36FNO3/c1-4-6-7-8-21-9-15-26(33-20-21)23-12-10-22(11-13-23)24-14-16-27(25(29)19-24)32-18-17-30(3)28(31)5-2/h5,10-14,16,19,21,26H,2,4,6-9,15,17-18,20H2,1,3H3. The molecule has 1 amide bonds. The van der Waals surface area contributed by atoms with Crippen LogP contribution in [0.25, 0.3) is 11.1 Å². The van der Waals surface area contributed by atoms with Crippen LogP contribution in [-0.4, -0.2) is 37.6 Å². The van der Waals surface area contributed by atoms with Gasteiger partial charge in [-0.05, 0) is 60.1 Å². The van der Waals surface area contributed by atoms with E-state index in [1.54, 1.807) is 13.1 Å². The summed E-state index contributed by atoms with van der Waals surface area (Å²) in [4.78, 5) is 13.0. The van der Waals surface area contributed by atoms with Gasteiger partial charge < -0.3 is 14.4 Å². The third-order valence-electron chi connectivity index (χ3n) is 6.37. The highest BCUT2D eigenvalue weighted by atomic mass is 19.1. The van der Waals surface area contributed by atoms with Crippen molar-refractivity contribution < 1.29 is 18.7 Å². The Bertz CT molecular complexity index is 904. The second-order valence-corrected chi connectivity index (χ2v) is 8.84. The molecule has 4 nitrogen and oxygen atoms in total. The van der Waals surface area contributed by atoms with Gasteiger partial charge in [-0.2, -0.15) is 0 Å². The SMILES string of the molecule is C=CC(=O)N(C)CCOc1ccc(-c2ccc(C3CCC(CCCCC)CO3)cc2)cc1F. The molecule has 1 fully saturated rings. The molecule has 0 bridgehead atoms. The number of halogens is 1. The normalized spacial score (nSPS) is 18.0. The number of nitrogens with zero attached hydrogens (tertiary/aromatic N) is 1. The number of carbonyl (C=O) groups excluding carboxylic acids is 1. The summed E-state index contributed by atoms with van der Waals surface area (Å²) in [6, 6.07) is 13.2. The van der Waals surface area contributed by atoms with Crippen molar-refractivity contribution in [2.45, 2.75) is 51.6 Å². The third-order valence-corrected chi connectivity index (χ3v) is 6.37. The molecule has 0 saturated carbocycles. The molecule has 0 aromatic heterocycles. The molecule has 0 spiro atoms. The number of amides is 1. The summed E-state index contributed by atoms with van der Waals surface area (Å²) in [6.45, 7) is 7.10. The minimum atomic E-state index is -0.418. The molecule has 5 heteroatoms. The molecule has 2 atom stereocenters. The van der Waals surface area contributed by atoms with E-state index in [2.05, 4.69) is 25.6 Å². The minimum Gasteiger partial charge on any atom is -0.489 e. The molecule has 33 heavy (non-hydrogen) atoms. The van der Waals surface area contributed by atoms with Crippen molar-refractivity contribution in [3.05, 3.63) is 66.5 Å². The third kappa shape index (κ3) is 7.16. The fourth-order valence-corrected chi connectivity index (χ4v) is 4.23. The summed E-state index contributed by atoms with van der Waals surface area (Å²) in [5, 5.41) is 0. The predicted molar refractivity (Wildman–Crippen MR) is 131 cm³/mol. The van der Waals surface area contributed by atoms with Crippen molar-refractivity contribution in [2.24, 2.45) is 5.92 Å². The molecule has 0 N–H and O–H groups in total. The Hall–Kier alpha value is -2.66. The first kappa shape index (κ1) is 25.0. The first-order chi connectivity index (χ1) is 16.0. The lowest BCUT2D eigenvalue weighted by atomic mass is 9.90. The molecule has 1 heterocycles. The van der Waals surface area contributed by atoms with Gasteiger partial charge in [0.15, 0.2) is 11.6 Å². The number of unbranched alkanes of at least 4 members (excludes halogenated alkanes) is 2. The van der Waals surface area contributed by atoms with Crippen LogP contribution in [0.15, 0.2) is 55.1 Å². The Morgan fingerprint density at radius 1 is 1.18 bits per heavy atom. The molecule has 2 aromatic carbocycles. The van der Waals surface area contributed by atoms with Crippen molar-refractivity contribution >= 4 is 5.91 Å². The van der Waals surface area contributed by atoms with Gasteiger partial charge in [-0.25, -0.2) is 4.39 Å². The molecular weight excluding hydrogens is 417 g/mol. The van der Waals surface area contributed by atoms with Crippen LogP contribution < -0.4 is 4.74 Å². The van der Waals surface area contributed by atoms with Gasteiger partial charge in [0.2, 0.25) is 5.91 Å². The highest BCUT2D eigenvalue weighted by Gasteiger charge is 2.22. The van der Waals surface area contributed by atoms with Gasteiger partial charge in [-0.3, -0.25) is 4.79 Å². The van der Waals surface area contributed by atoms with Crippen molar-refractivity contribution in [2.75, 3.05) is 26.8 Å². The number of carbonyl (C=O) groups is 1. The number of likely N-dealkylation sites (N-methyl/N-ethyl adjacent to an activating group) is 1. The molecule has 0 radical (unpaired) electrons. The van der Waals surface area contributed by atoms with Gasteiger partial charge >= 0.3 is 0 Å². The molecular formula is C28H36FNO3. The molecule has 2 unspecified atom stereocenters. The maximum atomic E-state index is 14.6. The maximum Gasteiger partial charge on any atom is 0.245 e. The maximum absolute atomic E-state index is 14.6. The predicted octanol–water partition coefficient (Wildman–Crippen LogP) is 6.56. The summed E-state index contributed by atoms with van der Waals surface area (Å²) in [7, 11) is 1.65. The van der Waals surface area contributed by atoms with Crippen molar-refractivity contribution in [1.29, 1.82) is 0 Å². The van der Waals surface area contributed by atoms with Crippen molar-refractivity contribution in [1.82, 2.24) is 4.90 Å². The monoisotopic (exact) mass is 453 g/mol. The van der Waals surface area contributed by atoms with E-state index in [9.17, 15) is 9.18 Å². The quantitative estimate of drug-likeness (QED) is 0.285. The van der Waals surface area contributed by atoms with Gasteiger partial charge in [0.05, 0.1) is 19.3 Å². The smallest absolute Gasteiger partial charge is 0.245 e. The zero-order chi connectivity index (χ0) is 23.6. The summed E-state index contributed by atoms with van der Waals surface area (Å²) in [5.41, 5.74) is 2.93.